The number of halogens is 5. The molecule has 240 valence electrons. The molecule has 2 fully saturated rings. The first-order chi connectivity index (χ1) is 20.7. The summed E-state index contributed by atoms with van der Waals surface area (Å²) in [7, 11) is -3.57. The Balaban J connectivity index is 1.44. The summed E-state index contributed by atoms with van der Waals surface area (Å²) >= 11 is 0. The van der Waals surface area contributed by atoms with Crippen molar-refractivity contribution in [2.75, 3.05) is 32.7 Å². The van der Waals surface area contributed by atoms with E-state index in [1.54, 1.807) is 29.2 Å². The smallest absolute Gasteiger partial charge is 0.351 e. The first-order valence-corrected chi connectivity index (χ1v) is 15.7. The number of carbonyl (C=O) groups is 2. The van der Waals surface area contributed by atoms with Crippen LogP contribution < -0.4 is 15.4 Å². The van der Waals surface area contributed by atoms with Crippen LogP contribution in [0.2, 0.25) is 0 Å². The number of sulfonamides is 1. The van der Waals surface area contributed by atoms with E-state index in [-0.39, 0.29) is 31.3 Å². The van der Waals surface area contributed by atoms with E-state index in [1.807, 2.05) is 0 Å². The Morgan fingerprint density at radius 3 is 2.39 bits per heavy atom. The molecule has 2 aliphatic heterocycles. The van der Waals surface area contributed by atoms with Crippen LogP contribution in [0.1, 0.15) is 52.2 Å². The molecule has 14 heteroatoms. The van der Waals surface area contributed by atoms with Crippen LogP contribution in [-0.2, 0) is 27.5 Å². The number of alkyl halides is 5. The number of nitrogens with zero attached hydrogens (tertiary/aromatic N) is 1. The molecule has 0 aromatic heterocycles. The molecule has 44 heavy (non-hydrogen) atoms. The quantitative estimate of drug-likeness (QED) is 0.318. The van der Waals surface area contributed by atoms with Crippen molar-refractivity contribution in [2.45, 2.75) is 43.8 Å². The van der Waals surface area contributed by atoms with Gasteiger partial charge in [-0.3, -0.25) is 9.59 Å². The van der Waals surface area contributed by atoms with Crippen molar-refractivity contribution in [1.82, 2.24) is 20.3 Å². The molecule has 2 heterocycles. The van der Waals surface area contributed by atoms with Crippen LogP contribution in [0.15, 0.2) is 60.5 Å². The Labute approximate surface area is 253 Å². The molecule has 2 unspecified atom stereocenters. The van der Waals surface area contributed by atoms with E-state index in [0.717, 1.165) is 17.5 Å². The molecule has 4 rings (SSSR count). The third-order valence-corrected chi connectivity index (χ3v) is 8.97. The van der Waals surface area contributed by atoms with Crippen LogP contribution in [-0.4, -0.2) is 63.8 Å². The van der Waals surface area contributed by atoms with Crippen molar-refractivity contribution in [3.63, 3.8) is 0 Å². The van der Waals surface area contributed by atoms with E-state index < -0.39 is 58.4 Å². The normalized spacial score (nSPS) is 21.1. The van der Waals surface area contributed by atoms with Crippen LogP contribution in [0.4, 0.5) is 22.0 Å². The minimum absolute atomic E-state index is 0.0534. The van der Waals surface area contributed by atoms with Crippen LogP contribution >= 0.6 is 0 Å². The van der Waals surface area contributed by atoms with Gasteiger partial charge in [0.05, 0.1) is 18.0 Å². The van der Waals surface area contributed by atoms with Gasteiger partial charge in [-0.2, -0.15) is 13.2 Å². The molecule has 3 N–H and O–H groups in total. The summed E-state index contributed by atoms with van der Waals surface area (Å²) in [6, 6.07) is 10.7. The molecule has 3 atom stereocenters. The van der Waals surface area contributed by atoms with Crippen LogP contribution in [0.5, 0.6) is 0 Å². The average Bonchev–Trinajstić information content (AvgIpc) is 3.46. The second kappa shape index (κ2) is 13.7. The van der Waals surface area contributed by atoms with Gasteiger partial charge in [0.15, 0.2) is 0 Å². The third-order valence-electron chi connectivity index (χ3n) is 7.96. The van der Waals surface area contributed by atoms with Gasteiger partial charge in [-0.05, 0) is 66.6 Å². The van der Waals surface area contributed by atoms with Crippen LogP contribution in [0.3, 0.4) is 0 Å². The van der Waals surface area contributed by atoms with E-state index in [4.69, 9.17) is 0 Å². The Morgan fingerprint density at radius 1 is 1.09 bits per heavy atom. The summed E-state index contributed by atoms with van der Waals surface area (Å²) in [5.41, 5.74) is 0.500. The standard InChI is InChI=1S/C30H35F5N4O4S/c1-2-44(42,43)38-17-21-11-12-39(18-21)28(41)24-7-5-23(6-8-24)26(13-22-14-29(31,32)19-36-15-22)27(40)37-16-20-3-9-25(10-4-20)30(33,34)35/h2-10,21-22,26,36,38H,1,11-19H2,(H,37,40)/t21-,22?,26?/m1/s1. The van der Waals surface area contributed by atoms with E-state index in [0.29, 0.717) is 42.7 Å². The summed E-state index contributed by atoms with van der Waals surface area (Å²) in [6.07, 6.45) is -4.16. The maximum atomic E-state index is 14.1. The molecule has 2 amide bonds. The van der Waals surface area contributed by atoms with E-state index >= 15 is 0 Å². The number of amides is 2. The van der Waals surface area contributed by atoms with Gasteiger partial charge in [0.25, 0.3) is 11.8 Å². The molecule has 8 nitrogen and oxygen atoms in total. The van der Waals surface area contributed by atoms with Crippen LogP contribution in [0.25, 0.3) is 0 Å². The maximum absolute atomic E-state index is 14.1. The fourth-order valence-corrected chi connectivity index (χ4v) is 6.15. The van der Waals surface area contributed by atoms with Gasteiger partial charge >= 0.3 is 6.18 Å². The van der Waals surface area contributed by atoms with Crippen LogP contribution in [0, 0.1) is 11.8 Å². The Morgan fingerprint density at radius 2 is 1.77 bits per heavy atom. The molecule has 2 saturated heterocycles. The number of nitrogens with one attached hydrogen (secondary N) is 3. The van der Waals surface area contributed by atoms with Gasteiger partial charge in [0.1, 0.15) is 0 Å². The number of hydrogen-bond donors (Lipinski definition) is 3. The molecule has 2 aromatic rings. The van der Waals surface area contributed by atoms with E-state index in [9.17, 15) is 40.0 Å². The van der Waals surface area contributed by atoms with E-state index in [1.165, 1.54) is 12.1 Å². The highest BCUT2D eigenvalue weighted by molar-refractivity contribution is 7.92. The molecule has 0 radical (unpaired) electrons. The Hall–Kier alpha value is -3.36. The average molecular weight is 643 g/mol. The van der Waals surface area contributed by atoms with Gasteiger partial charge in [0.2, 0.25) is 15.9 Å². The lowest BCUT2D eigenvalue weighted by Crippen LogP contribution is -2.45. The zero-order valence-corrected chi connectivity index (χ0v) is 24.7. The lowest BCUT2D eigenvalue weighted by molar-refractivity contribution is -0.137. The minimum Gasteiger partial charge on any atom is -0.351 e. The lowest BCUT2D eigenvalue weighted by atomic mass is 9.83. The SMILES string of the molecule is C=CS(=O)(=O)NC[C@H]1CCN(C(=O)c2ccc(C(CC3CNCC(F)(F)C3)C(=O)NCc3ccc(C(F)(F)F)cc3)cc2)C1. The second-order valence-corrected chi connectivity index (χ2v) is 13.1. The highest BCUT2D eigenvalue weighted by Gasteiger charge is 2.38. The largest absolute Gasteiger partial charge is 0.416 e. The Bertz CT molecular complexity index is 1430. The number of likely N-dealkylation sites (tertiary alicyclic amines) is 1. The fraction of sp³-hybridized carbons (Fsp3) is 0.467. The topological polar surface area (TPSA) is 108 Å². The number of carbonyl (C=O) groups excluding carboxylic acids is 2. The van der Waals surface area contributed by atoms with Gasteiger partial charge in [-0.25, -0.2) is 21.9 Å². The minimum atomic E-state index is -4.49. The highest BCUT2D eigenvalue weighted by Crippen LogP contribution is 2.34. The number of piperidine rings is 1. The van der Waals surface area contributed by atoms with E-state index in [2.05, 4.69) is 21.9 Å². The first-order valence-electron chi connectivity index (χ1n) is 14.2. The monoisotopic (exact) mass is 642 g/mol. The third kappa shape index (κ3) is 9.08. The number of rotatable bonds is 11. The van der Waals surface area contributed by atoms with Crippen molar-refractivity contribution in [3.8, 4) is 0 Å². The zero-order valence-electron chi connectivity index (χ0n) is 23.9. The summed E-state index contributed by atoms with van der Waals surface area (Å²) in [6.45, 7) is 4.04. The van der Waals surface area contributed by atoms with Gasteiger partial charge in [-0.15, -0.1) is 0 Å². The van der Waals surface area contributed by atoms with Gasteiger partial charge in [-0.1, -0.05) is 30.8 Å². The lowest BCUT2D eigenvalue weighted by Gasteiger charge is -2.32. The number of benzene rings is 2. The molecule has 2 aliphatic rings. The first kappa shape index (κ1) is 33.5. The predicted molar refractivity (Wildman–Crippen MR) is 154 cm³/mol. The van der Waals surface area contributed by atoms with Gasteiger partial charge in [0, 0.05) is 43.6 Å². The zero-order chi connectivity index (χ0) is 32.1. The predicted octanol–water partition coefficient (Wildman–Crippen LogP) is 4.27. The molecule has 2 aromatic carbocycles. The molecule has 0 spiro atoms. The summed E-state index contributed by atoms with van der Waals surface area (Å²) in [5, 5.41) is 6.25. The van der Waals surface area contributed by atoms with Gasteiger partial charge < -0.3 is 15.5 Å². The maximum Gasteiger partial charge on any atom is 0.416 e. The van der Waals surface area contributed by atoms with Crippen molar-refractivity contribution in [1.29, 1.82) is 0 Å². The second-order valence-electron chi connectivity index (χ2n) is 11.3. The van der Waals surface area contributed by atoms with Crippen molar-refractivity contribution in [2.24, 2.45) is 11.8 Å². The fourth-order valence-electron chi connectivity index (χ4n) is 5.56. The van der Waals surface area contributed by atoms with Crippen molar-refractivity contribution < 1.29 is 40.0 Å². The summed E-state index contributed by atoms with van der Waals surface area (Å²) in [5.74, 6) is -5.06. The van der Waals surface area contributed by atoms with Crippen molar-refractivity contribution in [3.05, 3.63) is 82.8 Å². The molecule has 0 bridgehead atoms. The van der Waals surface area contributed by atoms with Crippen molar-refractivity contribution >= 4 is 21.8 Å². The molecular formula is C30H35F5N4O4S. The number of hydrogen-bond acceptors (Lipinski definition) is 5. The molecule has 0 saturated carbocycles. The highest BCUT2D eigenvalue weighted by atomic mass is 32.2. The summed E-state index contributed by atoms with van der Waals surface area (Å²) < 4.78 is 92.6. The molecule has 0 aliphatic carbocycles. The Kier molecular flexibility index (Phi) is 10.5. The molecular weight excluding hydrogens is 607 g/mol. The summed E-state index contributed by atoms with van der Waals surface area (Å²) in [4.78, 5) is 28.1.